The van der Waals surface area contributed by atoms with Crippen LogP contribution in [0.15, 0.2) is 47.5 Å². The predicted octanol–water partition coefficient (Wildman–Crippen LogP) is 4.32. The summed E-state index contributed by atoms with van der Waals surface area (Å²) in [6, 6.07) is 10.8. The smallest absolute Gasteiger partial charge is 0.269 e. The molecule has 0 N–H and O–H groups in total. The normalized spacial score (nSPS) is 11.8. The molecule has 0 spiro atoms. The van der Waals surface area contributed by atoms with Crippen LogP contribution in [0.3, 0.4) is 0 Å². The Labute approximate surface area is 154 Å². The van der Waals surface area contributed by atoms with Crippen LogP contribution in [0.2, 0.25) is 0 Å². The van der Waals surface area contributed by atoms with Gasteiger partial charge in [-0.25, -0.2) is 17.4 Å². The van der Waals surface area contributed by atoms with E-state index in [9.17, 15) is 8.42 Å². The van der Waals surface area contributed by atoms with Crippen LogP contribution in [-0.2, 0) is 16.4 Å². The third kappa shape index (κ3) is 3.33. The standard InChI is InChI=1S/C20H24N2O3S/c1-4-6-13-25-18-11-12-19(17-10-8-7-9-16(17)18)26(23,24)22-14-15(3)21-20(22)5-2/h7-12,14H,4-6,13H2,1-3H3. The summed E-state index contributed by atoms with van der Waals surface area (Å²) in [5.74, 6) is 1.25. The van der Waals surface area contributed by atoms with Crippen LogP contribution in [0.4, 0.5) is 0 Å². The maximum atomic E-state index is 13.3. The molecule has 2 aromatic carbocycles. The Balaban J connectivity index is 2.15. The van der Waals surface area contributed by atoms with Crippen molar-refractivity contribution >= 4 is 20.8 Å². The molecule has 0 saturated carbocycles. The number of ether oxygens (including phenoxy) is 1. The molecule has 5 nitrogen and oxygen atoms in total. The minimum atomic E-state index is -3.73. The van der Waals surface area contributed by atoms with Crippen molar-refractivity contribution in [3.05, 3.63) is 54.1 Å². The summed E-state index contributed by atoms with van der Waals surface area (Å²) < 4.78 is 33.8. The molecule has 0 amide bonds. The average Bonchev–Trinajstić information content (AvgIpc) is 3.03. The Morgan fingerprint density at radius 2 is 1.81 bits per heavy atom. The number of hydrogen-bond donors (Lipinski definition) is 0. The van der Waals surface area contributed by atoms with Gasteiger partial charge in [0.05, 0.1) is 17.2 Å². The van der Waals surface area contributed by atoms with Gasteiger partial charge in [-0.05, 0) is 25.5 Å². The lowest BCUT2D eigenvalue weighted by Gasteiger charge is -2.14. The first kappa shape index (κ1) is 18.5. The summed E-state index contributed by atoms with van der Waals surface area (Å²) in [6.07, 6.45) is 4.13. The van der Waals surface area contributed by atoms with E-state index in [1.807, 2.05) is 31.2 Å². The molecular weight excluding hydrogens is 348 g/mol. The SMILES string of the molecule is CCCCOc1ccc(S(=O)(=O)n2cc(C)nc2CC)c2ccccc12. The van der Waals surface area contributed by atoms with Crippen LogP contribution < -0.4 is 4.74 Å². The first-order valence-corrected chi connectivity index (χ1v) is 10.4. The van der Waals surface area contributed by atoms with Gasteiger partial charge in [0, 0.05) is 23.4 Å². The highest BCUT2D eigenvalue weighted by atomic mass is 32.2. The molecule has 0 saturated heterocycles. The Bertz CT molecular complexity index is 1020. The fraction of sp³-hybridized carbons (Fsp3) is 0.350. The molecule has 0 aliphatic heterocycles. The fourth-order valence-corrected chi connectivity index (χ4v) is 4.64. The van der Waals surface area contributed by atoms with E-state index in [0.29, 0.717) is 35.7 Å². The summed E-state index contributed by atoms with van der Waals surface area (Å²) in [7, 11) is -3.73. The number of aryl methyl sites for hydroxylation is 2. The Morgan fingerprint density at radius 3 is 2.50 bits per heavy atom. The van der Waals surface area contributed by atoms with E-state index >= 15 is 0 Å². The summed E-state index contributed by atoms with van der Waals surface area (Å²) in [5, 5.41) is 1.47. The van der Waals surface area contributed by atoms with E-state index < -0.39 is 10.0 Å². The maximum absolute atomic E-state index is 13.3. The van der Waals surface area contributed by atoms with Gasteiger partial charge in [0.15, 0.2) is 0 Å². The van der Waals surface area contributed by atoms with E-state index in [-0.39, 0.29) is 4.90 Å². The van der Waals surface area contributed by atoms with Crippen LogP contribution in [0, 0.1) is 6.92 Å². The van der Waals surface area contributed by atoms with Crippen molar-refractivity contribution in [2.75, 3.05) is 6.61 Å². The van der Waals surface area contributed by atoms with Crippen LogP contribution in [0.25, 0.3) is 10.8 Å². The highest BCUT2D eigenvalue weighted by Gasteiger charge is 2.24. The molecule has 0 fully saturated rings. The number of benzene rings is 2. The molecule has 0 aliphatic carbocycles. The molecule has 0 radical (unpaired) electrons. The second-order valence-corrected chi connectivity index (χ2v) is 8.05. The van der Waals surface area contributed by atoms with E-state index in [0.717, 1.165) is 18.2 Å². The van der Waals surface area contributed by atoms with Gasteiger partial charge in [0.1, 0.15) is 11.6 Å². The topological polar surface area (TPSA) is 61.2 Å². The van der Waals surface area contributed by atoms with Crippen molar-refractivity contribution in [1.82, 2.24) is 8.96 Å². The summed E-state index contributed by atoms with van der Waals surface area (Å²) in [5.41, 5.74) is 0.689. The zero-order chi connectivity index (χ0) is 18.7. The van der Waals surface area contributed by atoms with Crippen molar-refractivity contribution in [1.29, 1.82) is 0 Å². The van der Waals surface area contributed by atoms with E-state index in [1.54, 1.807) is 25.3 Å². The van der Waals surface area contributed by atoms with Crippen LogP contribution in [0.1, 0.15) is 38.2 Å². The van der Waals surface area contributed by atoms with Crippen molar-refractivity contribution in [3.63, 3.8) is 0 Å². The van der Waals surface area contributed by atoms with Crippen molar-refractivity contribution in [2.45, 2.75) is 44.9 Å². The van der Waals surface area contributed by atoms with Gasteiger partial charge >= 0.3 is 0 Å². The zero-order valence-electron chi connectivity index (χ0n) is 15.4. The zero-order valence-corrected chi connectivity index (χ0v) is 16.2. The van der Waals surface area contributed by atoms with Crippen molar-refractivity contribution in [2.24, 2.45) is 0 Å². The Hall–Kier alpha value is -2.34. The highest BCUT2D eigenvalue weighted by molar-refractivity contribution is 7.90. The molecule has 1 heterocycles. The quantitative estimate of drug-likeness (QED) is 0.579. The lowest BCUT2D eigenvalue weighted by atomic mass is 10.1. The second kappa shape index (κ2) is 7.50. The number of aromatic nitrogens is 2. The first-order valence-electron chi connectivity index (χ1n) is 8.94. The molecule has 0 unspecified atom stereocenters. The van der Waals surface area contributed by atoms with Gasteiger partial charge < -0.3 is 4.74 Å². The number of hydrogen-bond acceptors (Lipinski definition) is 4. The van der Waals surface area contributed by atoms with Crippen LogP contribution in [0.5, 0.6) is 5.75 Å². The second-order valence-electron chi connectivity index (χ2n) is 6.26. The minimum Gasteiger partial charge on any atom is -0.493 e. The van der Waals surface area contributed by atoms with Gasteiger partial charge in [-0.1, -0.05) is 44.5 Å². The fourth-order valence-electron chi connectivity index (χ4n) is 3.00. The number of fused-ring (bicyclic) bond motifs is 1. The van der Waals surface area contributed by atoms with Gasteiger partial charge in [0.2, 0.25) is 0 Å². The first-order chi connectivity index (χ1) is 12.5. The highest BCUT2D eigenvalue weighted by Crippen LogP contribution is 2.32. The average molecular weight is 372 g/mol. The molecule has 0 atom stereocenters. The number of nitrogens with zero attached hydrogens (tertiary/aromatic N) is 2. The molecule has 0 bridgehead atoms. The Morgan fingerprint density at radius 1 is 1.08 bits per heavy atom. The summed E-state index contributed by atoms with van der Waals surface area (Å²) in [6.45, 7) is 6.42. The van der Waals surface area contributed by atoms with Gasteiger partial charge in [-0.3, -0.25) is 0 Å². The molecule has 1 aromatic heterocycles. The summed E-state index contributed by atoms with van der Waals surface area (Å²) >= 11 is 0. The largest absolute Gasteiger partial charge is 0.493 e. The van der Waals surface area contributed by atoms with E-state index in [1.165, 1.54) is 3.97 Å². The minimum absolute atomic E-state index is 0.267. The molecule has 0 aliphatic rings. The van der Waals surface area contributed by atoms with E-state index in [2.05, 4.69) is 11.9 Å². The number of rotatable bonds is 7. The summed E-state index contributed by atoms with van der Waals surface area (Å²) in [4.78, 5) is 4.59. The number of imidazole rings is 1. The third-order valence-electron chi connectivity index (χ3n) is 4.32. The maximum Gasteiger partial charge on any atom is 0.269 e. The molecule has 26 heavy (non-hydrogen) atoms. The molecular formula is C20H24N2O3S. The lowest BCUT2D eigenvalue weighted by Crippen LogP contribution is -2.15. The van der Waals surface area contributed by atoms with E-state index in [4.69, 9.17) is 4.74 Å². The Kier molecular flexibility index (Phi) is 5.32. The van der Waals surface area contributed by atoms with Crippen LogP contribution in [-0.4, -0.2) is 24.0 Å². The van der Waals surface area contributed by atoms with Crippen molar-refractivity contribution < 1.29 is 13.2 Å². The molecule has 6 heteroatoms. The van der Waals surface area contributed by atoms with Crippen molar-refractivity contribution in [3.8, 4) is 5.75 Å². The molecule has 3 aromatic rings. The number of unbranched alkanes of at least 4 members (excludes halogenated alkanes) is 1. The molecule has 3 rings (SSSR count). The predicted molar refractivity (Wildman–Crippen MR) is 103 cm³/mol. The van der Waals surface area contributed by atoms with Gasteiger partial charge in [-0.2, -0.15) is 0 Å². The van der Waals surface area contributed by atoms with Gasteiger partial charge in [0.25, 0.3) is 10.0 Å². The molecule has 138 valence electrons. The monoisotopic (exact) mass is 372 g/mol. The van der Waals surface area contributed by atoms with Crippen LogP contribution >= 0.6 is 0 Å². The van der Waals surface area contributed by atoms with Gasteiger partial charge in [-0.15, -0.1) is 0 Å². The third-order valence-corrected chi connectivity index (χ3v) is 6.06. The lowest BCUT2D eigenvalue weighted by molar-refractivity contribution is 0.313.